The number of likely N-dealkylation sites (tertiary alicyclic amines) is 1. The first-order chi connectivity index (χ1) is 10.8. The molecule has 4 saturated heterocycles. The van der Waals surface area contributed by atoms with E-state index in [1.54, 1.807) is 0 Å². The number of amides is 2. The zero-order valence-electron chi connectivity index (χ0n) is 13.5. The van der Waals surface area contributed by atoms with Gasteiger partial charge in [-0.25, -0.2) is 4.79 Å². The summed E-state index contributed by atoms with van der Waals surface area (Å²) >= 11 is 0. The van der Waals surface area contributed by atoms with Crippen LogP contribution in [0.1, 0.15) is 38.5 Å². The number of rotatable bonds is 3. The fourth-order valence-electron chi connectivity index (χ4n) is 5.04. The summed E-state index contributed by atoms with van der Waals surface area (Å²) < 4.78 is 5.61. The molecule has 5 nitrogen and oxygen atoms in total. The van der Waals surface area contributed by atoms with Crippen LogP contribution in [0, 0.1) is 11.8 Å². The topological polar surface area (TPSA) is 44.8 Å². The van der Waals surface area contributed by atoms with E-state index in [9.17, 15) is 4.79 Å². The fourth-order valence-corrected chi connectivity index (χ4v) is 5.04. The summed E-state index contributed by atoms with van der Waals surface area (Å²) in [5.41, 5.74) is 0. The minimum Gasteiger partial charge on any atom is -0.378 e. The van der Waals surface area contributed by atoms with Crippen molar-refractivity contribution in [3.63, 3.8) is 0 Å². The van der Waals surface area contributed by atoms with Crippen molar-refractivity contribution in [3.8, 4) is 0 Å². The predicted molar refractivity (Wildman–Crippen MR) is 84.8 cm³/mol. The molecule has 0 spiro atoms. The van der Waals surface area contributed by atoms with E-state index < -0.39 is 0 Å². The van der Waals surface area contributed by atoms with Crippen molar-refractivity contribution in [3.05, 3.63) is 0 Å². The Bertz CT molecular complexity index is 411. The molecule has 4 aliphatic heterocycles. The first-order valence-corrected chi connectivity index (χ1v) is 9.19. The molecular weight excluding hydrogens is 278 g/mol. The number of nitrogens with one attached hydrogen (secondary N) is 1. The van der Waals surface area contributed by atoms with Crippen molar-refractivity contribution in [2.45, 2.75) is 50.7 Å². The van der Waals surface area contributed by atoms with E-state index in [1.807, 2.05) is 0 Å². The standard InChI is InChI=1S/C17H29N3O2/c21-17(18-7-6-14-4-3-9-22-14)20-11-13-10-19-8-2-1-5-16(19)15(13)12-20/h13-16H,1-12H2,(H,18,21)/t13-,14+,15+,16+/m1/s1. The van der Waals surface area contributed by atoms with Crippen LogP contribution in [0.3, 0.4) is 0 Å². The Morgan fingerprint density at radius 2 is 2.09 bits per heavy atom. The molecule has 1 N–H and O–H groups in total. The molecule has 124 valence electrons. The SMILES string of the molecule is O=C(NCC[C@@H]1CCCO1)N1C[C@H]2CN3CCCC[C@H]3[C@H]2C1. The van der Waals surface area contributed by atoms with Crippen LogP contribution < -0.4 is 5.32 Å². The maximum absolute atomic E-state index is 12.4. The van der Waals surface area contributed by atoms with Gasteiger partial charge in [-0.1, -0.05) is 6.42 Å². The third-order valence-electron chi connectivity index (χ3n) is 6.17. The molecule has 4 rings (SSSR count). The van der Waals surface area contributed by atoms with Crippen molar-refractivity contribution in [1.82, 2.24) is 15.1 Å². The Morgan fingerprint density at radius 1 is 1.14 bits per heavy atom. The molecule has 4 atom stereocenters. The first-order valence-electron chi connectivity index (χ1n) is 9.19. The number of urea groups is 1. The molecule has 4 aliphatic rings. The zero-order chi connectivity index (χ0) is 14.9. The van der Waals surface area contributed by atoms with Gasteiger partial charge in [-0.2, -0.15) is 0 Å². The number of fused-ring (bicyclic) bond motifs is 3. The predicted octanol–water partition coefficient (Wildman–Crippen LogP) is 1.68. The molecule has 4 fully saturated rings. The molecule has 0 aromatic carbocycles. The number of hydrogen-bond donors (Lipinski definition) is 1. The highest BCUT2D eigenvalue weighted by molar-refractivity contribution is 5.74. The summed E-state index contributed by atoms with van der Waals surface area (Å²) in [6.45, 7) is 6.08. The normalized spacial score (nSPS) is 38.1. The van der Waals surface area contributed by atoms with Crippen LogP contribution in [0.2, 0.25) is 0 Å². The third kappa shape index (κ3) is 2.85. The number of nitrogens with zero attached hydrogens (tertiary/aromatic N) is 2. The van der Waals surface area contributed by atoms with Crippen LogP contribution in [0.4, 0.5) is 4.79 Å². The average Bonchev–Trinajstić information content (AvgIpc) is 3.22. The third-order valence-corrected chi connectivity index (χ3v) is 6.17. The van der Waals surface area contributed by atoms with E-state index in [1.165, 1.54) is 38.8 Å². The molecule has 0 unspecified atom stereocenters. The van der Waals surface area contributed by atoms with Crippen LogP contribution in [0.5, 0.6) is 0 Å². The van der Waals surface area contributed by atoms with E-state index >= 15 is 0 Å². The van der Waals surface area contributed by atoms with Crippen LogP contribution in [-0.2, 0) is 4.74 Å². The number of hydrogen-bond acceptors (Lipinski definition) is 3. The highest BCUT2D eigenvalue weighted by atomic mass is 16.5. The maximum atomic E-state index is 12.4. The Balaban J connectivity index is 1.23. The van der Waals surface area contributed by atoms with Gasteiger partial charge >= 0.3 is 6.03 Å². The lowest BCUT2D eigenvalue weighted by atomic mass is 9.90. The summed E-state index contributed by atoms with van der Waals surface area (Å²) in [6.07, 6.45) is 7.74. The largest absolute Gasteiger partial charge is 0.378 e. The van der Waals surface area contributed by atoms with Gasteiger partial charge in [-0.15, -0.1) is 0 Å². The number of carbonyl (C=O) groups is 1. The average molecular weight is 307 g/mol. The van der Waals surface area contributed by atoms with Crippen molar-refractivity contribution >= 4 is 6.03 Å². The molecule has 0 saturated carbocycles. The second-order valence-electron chi connectivity index (χ2n) is 7.54. The molecule has 22 heavy (non-hydrogen) atoms. The van der Waals surface area contributed by atoms with E-state index in [0.29, 0.717) is 12.0 Å². The van der Waals surface area contributed by atoms with Crippen LogP contribution in [0.25, 0.3) is 0 Å². The fraction of sp³-hybridized carbons (Fsp3) is 0.941. The molecule has 0 aromatic rings. The summed E-state index contributed by atoms with van der Waals surface area (Å²) in [6, 6.07) is 0.901. The highest BCUT2D eigenvalue weighted by Crippen LogP contribution is 2.40. The first kappa shape index (κ1) is 14.8. The lowest BCUT2D eigenvalue weighted by Crippen LogP contribution is -2.44. The van der Waals surface area contributed by atoms with Crippen LogP contribution in [0.15, 0.2) is 0 Å². The summed E-state index contributed by atoms with van der Waals surface area (Å²) in [5, 5.41) is 3.11. The highest BCUT2D eigenvalue weighted by Gasteiger charge is 2.48. The van der Waals surface area contributed by atoms with Gasteiger partial charge in [0.15, 0.2) is 0 Å². The molecule has 2 amide bonds. The zero-order valence-corrected chi connectivity index (χ0v) is 13.5. The molecule has 0 aliphatic carbocycles. The smallest absolute Gasteiger partial charge is 0.317 e. The minimum absolute atomic E-state index is 0.148. The lowest BCUT2D eigenvalue weighted by Gasteiger charge is -2.33. The molecule has 0 aromatic heterocycles. The summed E-state index contributed by atoms with van der Waals surface area (Å²) in [5.74, 6) is 1.44. The number of ether oxygens (including phenoxy) is 1. The molecular formula is C17H29N3O2. The van der Waals surface area contributed by atoms with Gasteiger partial charge in [0, 0.05) is 38.8 Å². The van der Waals surface area contributed by atoms with Gasteiger partial charge in [0.1, 0.15) is 0 Å². The van der Waals surface area contributed by atoms with Gasteiger partial charge in [-0.05, 0) is 50.5 Å². The van der Waals surface area contributed by atoms with Gasteiger partial charge in [0.05, 0.1) is 6.10 Å². The van der Waals surface area contributed by atoms with Crippen molar-refractivity contribution in [2.24, 2.45) is 11.8 Å². The van der Waals surface area contributed by atoms with E-state index in [-0.39, 0.29) is 6.03 Å². The molecule has 0 radical (unpaired) electrons. The molecule has 5 heteroatoms. The second-order valence-corrected chi connectivity index (χ2v) is 7.54. The minimum atomic E-state index is 0.148. The number of piperidine rings is 1. The van der Waals surface area contributed by atoms with E-state index in [0.717, 1.165) is 51.0 Å². The molecule has 0 bridgehead atoms. The van der Waals surface area contributed by atoms with E-state index in [2.05, 4.69) is 15.1 Å². The van der Waals surface area contributed by atoms with Gasteiger partial charge in [0.25, 0.3) is 0 Å². The lowest BCUT2D eigenvalue weighted by molar-refractivity contribution is 0.104. The Kier molecular flexibility index (Phi) is 4.27. The van der Waals surface area contributed by atoms with Gasteiger partial charge < -0.3 is 15.0 Å². The molecule has 4 heterocycles. The Labute approximate surface area is 133 Å². The van der Waals surface area contributed by atoms with Crippen molar-refractivity contribution in [2.75, 3.05) is 39.3 Å². The van der Waals surface area contributed by atoms with Crippen molar-refractivity contribution in [1.29, 1.82) is 0 Å². The Hall–Kier alpha value is -0.810. The summed E-state index contributed by atoms with van der Waals surface area (Å²) in [4.78, 5) is 17.1. The van der Waals surface area contributed by atoms with Gasteiger partial charge in [0.2, 0.25) is 0 Å². The van der Waals surface area contributed by atoms with Crippen LogP contribution in [-0.4, -0.2) is 67.3 Å². The van der Waals surface area contributed by atoms with Gasteiger partial charge in [-0.3, -0.25) is 4.90 Å². The van der Waals surface area contributed by atoms with E-state index in [4.69, 9.17) is 4.74 Å². The van der Waals surface area contributed by atoms with Crippen LogP contribution >= 0.6 is 0 Å². The monoisotopic (exact) mass is 307 g/mol. The quantitative estimate of drug-likeness (QED) is 0.863. The summed E-state index contributed by atoms with van der Waals surface area (Å²) in [7, 11) is 0. The van der Waals surface area contributed by atoms with Crippen molar-refractivity contribution < 1.29 is 9.53 Å². The maximum Gasteiger partial charge on any atom is 0.317 e. The number of carbonyl (C=O) groups excluding carboxylic acids is 1. The Morgan fingerprint density at radius 3 is 2.95 bits per heavy atom. The second kappa shape index (κ2) is 6.36.